The van der Waals surface area contributed by atoms with E-state index in [4.69, 9.17) is 16.3 Å². The number of carbonyl (C=O) groups excluding carboxylic acids is 1. The van der Waals surface area contributed by atoms with E-state index in [1.54, 1.807) is 0 Å². The molecule has 2 saturated carbocycles. The monoisotopic (exact) mass is 537 g/mol. The highest BCUT2D eigenvalue weighted by molar-refractivity contribution is 7.90. The summed E-state index contributed by atoms with van der Waals surface area (Å²) in [6, 6.07) is 0.137. The molecule has 0 bridgehead atoms. The van der Waals surface area contributed by atoms with Crippen molar-refractivity contribution < 1.29 is 22.3 Å². The van der Waals surface area contributed by atoms with Crippen LogP contribution in [0.3, 0.4) is 0 Å². The zero-order chi connectivity index (χ0) is 25.0. The Balaban J connectivity index is 1.27. The fourth-order valence-corrected chi connectivity index (χ4v) is 7.59. The van der Waals surface area contributed by atoms with Crippen LogP contribution in [0.5, 0.6) is 0 Å². The normalized spacial score (nSPS) is 37.9. The fourth-order valence-electron chi connectivity index (χ4n) is 5.99. The van der Waals surface area contributed by atoms with E-state index in [9.17, 15) is 17.6 Å². The molecule has 0 aromatic heterocycles. The summed E-state index contributed by atoms with van der Waals surface area (Å²) in [4.78, 5) is 17.2. The number of hydrogen-bond donors (Lipinski definition) is 4. The van der Waals surface area contributed by atoms with Crippen molar-refractivity contribution in [1.29, 1.82) is 0 Å². The molecule has 7 unspecified atom stereocenters. The summed E-state index contributed by atoms with van der Waals surface area (Å²) in [5, 5.41) is 4.79. The summed E-state index contributed by atoms with van der Waals surface area (Å²) >= 11 is 6.27. The molecule has 2 aliphatic heterocycles. The fraction of sp³-hybridized carbons (Fsp3) is 0.957. The molecule has 4 aliphatic rings. The number of rotatable bonds is 8. The number of halogens is 2. The van der Waals surface area contributed by atoms with Crippen LogP contribution in [0, 0.1) is 17.8 Å². The van der Waals surface area contributed by atoms with Crippen molar-refractivity contribution in [3.05, 3.63) is 0 Å². The molecule has 0 spiro atoms. The molecule has 4 rings (SSSR count). The molecule has 202 valence electrons. The van der Waals surface area contributed by atoms with Crippen molar-refractivity contribution in [2.24, 2.45) is 17.8 Å². The Morgan fingerprint density at radius 1 is 1.14 bits per heavy atom. The van der Waals surface area contributed by atoms with Gasteiger partial charge in [-0.2, -0.15) is 0 Å². The van der Waals surface area contributed by atoms with Crippen molar-refractivity contribution in [3.63, 3.8) is 0 Å². The first-order chi connectivity index (χ1) is 16.7. The SMILES string of the molecule is CN1CNC(C2CC(Cl)C(F)C(C(=O)NNS(=O)(=O)C3CCCC(OCC4CCCCC4)N3)C2)C1. The highest BCUT2D eigenvalue weighted by Gasteiger charge is 2.44. The minimum absolute atomic E-state index is 0.0453. The number of alkyl halides is 2. The third-order valence-corrected chi connectivity index (χ3v) is 10.0. The molecule has 0 aromatic rings. The van der Waals surface area contributed by atoms with Crippen LogP contribution in [-0.4, -0.2) is 75.3 Å². The number of nitrogens with zero attached hydrogens (tertiary/aromatic N) is 1. The van der Waals surface area contributed by atoms with E-state index in [0.29, 0.717) is 38.2 Å². The maximum atomic E-state index is 14.9. The van der Waals surface area contributed by atoms with Gasteiger partial charge >= 0.3 is 0 Å². The second-order valence-corrected chi connectivity index (χ2v) is 13.3. The summed E-state index contributed by atoms with van der Waals surface area (Å²) in [6.45, 7) is 2.19. The molecule has 2 heterocycles. The van der Waals surface area contributed by atoms with Gasteiger partial charge in [0.15, 0.2) is 0 Å². The molecule has 12 heteroatoms. The Kier molecular flexibility index (Phi) is 9.67. The number of ether oxygens (including phenoxy) is 1. The summed E-state index contributed by atoms with van der Waals surface area (Å²) in [5.41, 5.74) is 2.27. The minimum atomic E-state index is -3.91. The van der Waals surface area contributed by atoms with Crippen molar-refractivity contribution >= 4 is 27.5 Å². The third-order valence-electron chi connectivity index (χ3n) is 8.11. The lowest BCUT2D eigenvalue weighted by Crippen LogP contribution is -2.57. The van der Waals surface area contributed by atoms with Gasteiger partial charge in [0.1, 0.15) is 17.8 Å². The van der Waals surface area contributed by atoms with E-state index in [2.05, 4.69) is 25.8 Å². The number of nitrogens with one attached hydrogen (secondary N) is 4. The second kappa shape index (κ2) is 12.3. The van der Waals surface area contributed by atoms with Crippen LogP contribution in [0.2, 0.25) is 0 Å². The van der Waals surface area contributed by atoms with Gasteiger partial charge in [-0.05, 0) is 63.8 Å². The lowest BCUT2D eigenvalue weighted by atomic mass is 9.76. The smallest absolute Gasteiger partial charge is 0.244 e. The first kappa shape index (κ1) is 27.5. The van der Waals surface area contributed by atoms with Gasteiger partial charge in [0, 0.05) is 19.3 Å². The molecule has 4 fully saturated rings. The van der Waals surface area contributed by atoms with Gasteiger partial charge in [-0.15, -0.1) is 16.4 Å². The number of amides is 1. The van der Waals surface area contributed by atoms with Crippen molar-refractivity contribution in [2.45, 2.75) is 93.4 Å². The van der Waals surface area contributed by atoms with Gasteiger partial charge < -0.3 is 4.74 Å². The molecule has 4 N–H and O–H groups in total. The lowest BCUT2D eigenvalue weighted by Gasteiger charge is -2.37. The topological polar surface area (TPSA) is 112 Å². The van der Waals surface area contributed by atoms with Crippen LogP contribution in [0.1, 0.15) is 64.2 Å². The van der Waals surface area contributed by atoms with Gasteiger partial charge in [0.05, 0.1) is 17.9 Å². The molecule has 2 aliphatic carbocycles. The minimum Gasteiger partial charge on any atom is -0.363 e. The number of carbonyl (C=O) groups is 1. The number of likely N-dealkylation sites (N-methyl/N-ethyl adjacent to an activating group) is 1. The van der Waals surface area contributed by atoms with E-state index in [-0.39, 0.29) is 18.2 Å². The van der Waals surface area contributed by atoms with Gasteiger partial charge in [0.2, 0.25) is 15.9 Å². The Hall–Kier alpha value is -0.560. The zero-order valence-electron chi connectivity index (χ0n) is 20.6. The molecule has 0 aromatic carbocycles. The van der Waals surface area contributed by atoms with Gasteiger partial charge in [0.25, 0.3) is 0 Å². The van der Waals surface area contributed by atoms with Crippen LogP contribution in [0.25, 0.3) is 0 Å². The first-order valence-electron chi connectivity index (χ1n) is 13.1. The molecular formula is C23H41ClFN5O4S. The first-order valence-corrected chi connectivity index (χ1v) is 15.1. The molecule has 7 atom stereocenters. The largest absolute Gasteiger partial charge is 0.363 e. The highest BCUT2D eigenvalue weighted by atomic mass is 35.5. The average Bonchev–Trinajstić information content (AvgIpc) is 3.30. The number of sulfonamides is 1. The van der Waals surface area contributed by atoms with Crippen molar-refractivity contribution in [2.75, 3.05) is 26.9 Å². The molecule has 0 radical (unpaired) electrons. The third kappa shape index (κ3) is 7.27. The molecule has 2 saturated heterocycles. The quantitative estimate of drug-likeness (QED) is 0.276. The molecule has 9 nitrogen and oxygen atoms in total. The Labute approximate surface area is 213 Å². The predicted molar refractivity (Wildman–Crippen MR) is 132 cm³/mol. The van der Waals surface area contributed by atoms with E-state index >= 15 is 0 Å². The second-order valence-electron chi connectivity index (χ2n) is 10.9. The molecular weight excluding hydrogens is 497 g/mol. The number of piperidine rings is 1. The summed E-state index contributed by atoms with van der Waals surface area (Å²) < 4.78 is 46.7. The van der Waals surface area contributed by atoms with Crippen molar-refractivity contribution in [1.82, 2.24) is 25.8 Å². The maximum absolute atomic E-state index is 14.9. The zero-order valence-corrected chi connectivity index (χ0v) is 22.1. The van der Waals surface area contributed by atoms with E-state index in [0.717, 1.165) is 32.5 Å². The summed E-state index contributed by atoms with van der Waals surface area (Å²) in [6.07, 6.45) is 6.88. The van der Waals surface area contributed by atoms with Crippen LogP contribution >= 0.6 is 11.6 Å². The predicted octanol–water partition coefficient (Wildman–Crippen LogP) is 1.79. The van der Waals surface area contributed by atoms with Crippen molar-refractivity contribution in [3.8, 4) is 0 Å². The van der Waals surface area contributed by atoms with Gasteiger partial charge in [-0.1, -0.05) is 19.3 Å². The Morgan fingerprint density at radius 2 is 1.91 bits per heavy atom. The Bertz CT molecular complexity index is 818. The molecule has 1 amide bonds. The number of hydrogen-bond acceptors (Lipinski definition) is 7. The van der Waals surface area contributed by atoms with Crippen LogP contribution in [0.4, 0.5) is 4.39 Å². The standard InChI is InChI=1S/C23H41ClFN5O4S/c1-30-12-19(26-14-30)16-10-17(22(25)18(24)11-16)23(31)28-29-35(32,33)21-9-5-8-20(27-21)34-13-15-6-3-2-4-7-15/h15-22,26-27,29H,2-14H2,1H3,(H,28,31). The summed E-state index contributed by atoms with van der Waals surface area (Å²) in [5.74, 6) is -1.09. The average molecular weight is 538 g/mol. The van der Waals surface area contributed by atoms with E-state index < -0.39 is 38.8 Å². The maximum Gasteiger partial charge on any atom is 0.244 e. The van der Waals surface area contributed by atoms with E-state index in [1.165, 1.54) is 19.3 Å². The highest BCUT2D eigenvalue weighted by Crippen LogP contribution is 2.37. The van der Waals surface area contributed by atoms with Crippen LogP contribution in [0.15, 0.2) is 0 Å². The van der Waals surface area contributed by atoms with Crippen LogP contribution in [-0.2, 0) is 19.6 Å². The lowest BCUT2D eigenvalue weighted by molar-refractivity contribution is -0.129. The van der Waals surface area contributed by atoms with Gasteiger partial charge in [-0.25, -0.2) is 12.8 Å². The molecule has 35 heavy (non-hydrogen) atoms. The number of hydrazine groups is 1. The van der Waals surface area contributed by atoms with Gasteiger partial charge in [-0.3, -0.25) is 25.8 Å². The van der Waals surface area contributed by atoms with E-state index in [1.807, 2.05) is 7.05 Å². The summed E-state index contributed by atoms with van der Waals surface area (Å²) in [7, 11) is -1.91. The van der Waals surface area contributed by atoms with Crippen LogP contribution < -0.4 is 20.9 Å². The Morgan fingerprint density at radius 3 is 2.63 bits per heavy atom.